The van der Waals surface area contributed by atoms with Crippen molar-refractivity contribution in [1.29, 1.82) is 0 Å². The molecular formula is C17H13N3O2S. The van der Waals surface area contributed by atoms with Crippen LogP contribution in [0.4, 0.5) is 0 Å². The van der Waals surface area contributed by atoms with E-state index in [2.05, 4.69) is 10.1 Å². The van der Waals surface area contributed by atoms with Gasteiger partial charge in [-0.05, 0) is 29.6 Å². The van der Waals surface area contributed by atoms with Crippen molar-refractivity contribution in [3.63, 3.8) is 0 Å². The van der Waals surface area contributed by atoms with Crippen molar-refractivity contribution < 1.29 is 5.11 Å². The number of aromatic amines is 1. The molecule has 6 heteroatoms. The van der Waals surface area contributed by atoms with Gasteiger partial charge in [0.05, 0.1) is 16.8 Å². The van der Waals surface area contributed by atoms with Crippen molar-refractivity contribution in [3.05, 3.63) is 58.3 Å². The molecule has 0 saturated heterocycles. The van der Waals surface area contributed by atoms with Crippen LogP contribution >= 0.6 is 11.3 Å². The lowest BCUT2D eigenvalue weighted by Gasteiger charge is -2.08. The molecule has 1 aromatic carbocycles. The van der Waals surface area contributed by atoms with Crippen LogP contribution in [0.2, 0.25) is 0 Å². The molecule has 0 atom stereocenters. The summed E-state index contributed by atoms with van der Waals surface area (Å²) in [5.74, 6) is 0.00946. The van der Waals surface area contributed by atoms with Crippen molar-refractivity contribution in [3.8, 4) is 27.4 Å². The fourth-order valence-corrected chi connectivity index (χ4v) is 3.51. The van der Waals surface area contributed by atoms with Crippen molar-refractivity contribution >= 4 is 22.2 Å². The van der Waals surface area contributed by atoms with Gasteiger partial charge in [0, 0.05) is 29.1 Å². The zero-order valence-electron chi connectivity index (χ0n) is 12.3. The molecule has 114 valence electrons. The first kappa shape index (κ1) is 13.8. The lowest BCUT2D eigenvalue weighted by atomic mass is 10.0. The van der Waals surface area contributed by atoms with Gasteiger partial charge in [0.1, 0.15) is 5.75 Å². The van der Waals surface area contributed by atoms with Crippen LogP contribution in [0.5, 0.6) is 5.75 Å². The van der Waals surface area contributed by atoms with Crippen molar-refractivity contribution in [2.45, 2.75) is 0 Å². The van der Waals surface area contributed by atoms with Crippen LogP contribution in [0.3, 0.4) is 0 Å². The van der Waals surface area contributed by atoms with E-state index in [-0.39, 0.29) is 11.3 Å². The minimum Gasteiger partial charge on any atom is -0.506 e. The zero-order valence-corrected chi connectivity index (χ0v) is 13.1. The molecule has 0 aliphatic heterocycles. The summed E-state index contributed by atoms with van der Waals surface area (Å²) in [4.78, 5) is 15.9. The summed E-state index contributed by atoms with van der Waals surface area (Å²) in [5, 5.41) is 17.3. The Morgan fingerprint density at radius 2 is 2.13 bits per heavy atom. The number of rotatable bonds is 2. The predicted molar refractivity (Wildman–Crippen MR) is 91.7 cm³/mol. The summed E-state index contributed by atoms with van der Waals surface area (Å²) < 4.78 is 1.77. The number of hydrogen-bond acceptors (Lipinski definition) is 4. The van der Waals surface area contributed by atoms with Crippen LogP contribution in [0.25, 0.3) is 32.6 Å². The van der Waals surface area contributed by atoms with Crippen LogP contribution in [-0.4, -0.2) is 19.9 Å². The van der Waals surface area contributed by atoms with Gasteiger partial charge in [-0.25, -0.2) is 0 Å². The number of thiophene rings is 1. The molecule has 0 radical (unpaired) electrons. The van der Waals surface area contributed by atoms with Gasteiger partial charge in [0.25, 0.3) is 5.56 Å². The minimum absolute atomic E-state index is 0.00946. The normalized spacial score (nSPS) is 11.2. The predicted octanol–water partition coefficient (Wildman–Crippen LogP) is 3.36. The Hall–Kier alpha value is -2.86. The first-order valence-electron chi connectivity index (χ1n) is 7.06. The number of aromatic nitrogens is 3. The van der Waals surface area contributed by atoms with E-state index in [1.54, 1.807) is 16.9 Å². The highest BCUT2D eigenvalue weighted by molar-refractivity contribution is 7.13. The Bertz CT molecular complexity index is 1060. The van der Waals surface area contributed by atoms with Gasteiger partial charge in [-0.3, -0.25) is 9.48 Å². The molecule has 0 fully saturated rings. The third-order valence-electron chi connectivity index (χ3n) is 3.87. The standard InChI is InChI=1S/C17H13N3O2S/c1-20-13(6-7-18-20)10-4-5-12-11(9-10)16(21)15(17(22)19-12)14-3-2-8-23-14/h2-9H,1H3,(H2,19,21,22). The average molecular weight is 323 g/mol. The fraction of sp³-hybridized carbons (Fsp3) is 0.0588. The maximum absolute atomic E-state index is 12.3. The maximum Gasteiger partial charge on any atom is 0.260 e. The highest BCUT2D eigenvalue weighted by Gasteiger charge is 2.15. The molecule has 0 aliphatic rings. The average Bonchev–Trinajstić information content (AvgIpc) is 3.19. The van der Waals surface area contributed by atoms with Gasteiger partial charge < -0.3 is 10.1 Å². The molecule has 0 saturated carbocycles. The molecule has 23 heavy (non-hydrogen) atoms. The smallest absolute Gasteiger partial charge is 0.260 e. The van der Waals surface area contributed by atoms with E-state index < -0.39 is 0 Å². The Morgan fingerprint density at radius 1 is 1.26 bits per heavy atom. The van der Waals surface area contributed by atoms with E-state index in [4.69, 9.17) is 0 Å². The molecule has 2 N–H and O–H groups in total. The van der Waals surface area contributed by atoms with Crippen molar-refractivity contribution in [2.75, 3.05) is 0 Å². The number of pyridine rings is 1. The van der Waals surface area contributed by atoms with Gasteiger partial charge >= 0.3 is 0 Å². The van der Waals surface area contributed by atoms with Crippen LogP contribution < -0.4 is 5.56 Å². The maximum atomic E-state index is 12.3. The third kappa shape index (κ3) is 2.15. The lowest BCUT2D eigenvalue weighted by molar-refractivity contribution is 0.483. The van der Waals surface area contributed by atoms with Gasteiger partial charge in [0.15, 0.2) is 0 Å². The Kier molecular flexibility index (Phi) is 3.06. The van der Waals surface area contributed by atoms with Crippen LogP contribution in [-0.2, 0) is 7.05 Å². The molecule has 0 aliphatic carbocycles. The Balaban J connectivity index is 2.01. The molecule has 5 nitrogen and oxygen atoms in total. The largest absolute Gasteiger partial charge is 0.506 e. The first-order chi connectivity index (χ1) is 11.1. The highest BCUT2D eigenvalue weighted by atomic mass is 32.1. The lowest BCUT2D eigenvalue weighted by Crippen LogP contribution is -2.08. The molecular weight excluding hydrogens is 310 g/mol. The summed E-state index contributed by atoms with van der Waals surface area (Å²) in [6.07, 6.45) is 1.73. The topological polar surface area (TPSA) is 70.9 Å². The SMILES string of the molecule is Cn1nccc1-c1ccc2[nH]c(=O)c(-c3cccs3)c(O)c2c1. The summed E-state index contributed by atoms with van der Waals surface area (Å²) >= 11 is 1.42. The number of benzene rings is 1. The number of nitrogens with zero attached hydrogens (tertiary/aromatic N) is 2. The molecule has 0 bridgehead atoms. The van der Waals surface area contributed by atoms with Crippen LogP contribution in [0.1, 0.15) is 0 Å². The summed E-state index contributed by atoms with van der Waals surface area (Å²) in [6.45, 7) is 0. The van der Waals surface area contributed by atoms with E-state index in [1.165, 1.54) is 11.3 Å². The quantitative estimate of drug-likeness (QED) is 0.594. The van der Waals surface area contributed by atoms with Gasteiger partial charge in [-0.1, -0.05) is 12.1 Å². The van der Waals surface area contributed by atoms with E-state index in [1.807, 2.05) is 42.8 Å². The van der Waals surface area contributed by atoms with E-state index >= 15 is 0 Å². The second kappa shape index (κ2) is 5.10. The second-order valence-electron chi connectivity index (χ2n) is 5.26. The summed E-state index contributed by atoms with van der Waals surface area (Å²) in [6, 6.07) is 11.2. The number of fused-ring (bicyclic) bond motifs is 1. The van der Waals surface area contributed by atoms with Gasteiger partial charge in [0.2, 0.25) is 0 Å². The number of aryl methyl sites for hydroxylation is 1. The zero-order chi connectivity index (χ0) is 16.0. The van der Waals surface area contributed by atoms with Gasteiger partial charge in [-0.2, -0.15) is 5.10 Å². The molecule has 0 unspecified atom stereocenters. The Labute approximate surface area is 135 Å². The summed E-state index contributed by atoms with van der Waals surface area (Å²) in [7, 11) is 1.86. The molecule has 4 rings (SSSR count). The van der Waals surface area contributed by atoms with E-state index in [9.17, 15) is 9.90 Å². The van der Waals surface area contributed by atoms with Gasteiger partial charge in [-0.15, -0.1) is 11.3 Å². The third-order valence-corrected chi connectivity index (χ3v) is 4.76. The second-order valence-corrected chi connectivity index (χ2v) is 6.20. The monoisotopic (exact) mass is 323 g/mol. The van der Waals surface area contributed by atoms with Crippen molar-refractivity contribution in [1.82, 2.24) is 14.8 Å². The highest BCUT2D eigenvalue weighted by Crippen LogP contribution is 2.35. The number of H-pyrrole nitrogens is 1. The minimum atomic E-state index is -0.286. The molecule has 0 spiro atoms. The fourth-order valence-electron chi connectivity index (χ4n) is 2.74. The molecule has 3 heterocycles. The Morgan fingerprint density at radius 3 is 2.83 bits per heavy atom. The number of nitrogens with one attached hydrogen (secondary N) is 1. The number of aromatic hydroxyl groups is 1. The van der Waals surface area contributed by atoms with Crippen LogP contribution in [0, 0.1) is 0 Å². The molecule has 3 aromatic heterocycles. The van der Waals surface area contributed by atoms with E-state index in [0.29, 0.717) is 16.5 Å². The summed E-state index contributed by atoms with van der Waals surface area (Å²) in [5.41, 5.74) is 2.51. The van der Waals surface area contributed by atoms with Crippen molar-refractivity contribution in [2.24, 2.45) is 7.05 Å². The molecule has 0 amide bonds. The number of hydrogen-bond donors (Lipinski definition) is 2. The van der Waals surface area contributed by atoms with Crippen LogP contribution in [0.15, 0.2) is 52.8 Å². The first-order valence-corrected chi connectivity index (χ1v) is 7.94. The molecule has 4 aromatic rings. The van der Waals surface area contributed by atoms with E-state index in [0.717, 1.165) is 16.1 Å².